The maximum atomic E-state index is 12.9. The van der Waals surface area contributed by atoms with Crippen molar-refractivity contribution in [3.8, 4) is 46.2 Å². The lowest BCUT2D eigenvalue weighted by Crippen LogP contribution is -2.13. The quantitative estimate of drug-likeness (QED) is 0.230. The lowest BCUT2D eigenvalue weighted by molar-refractivity contribution is 0.448. The lowest BCUT2D eigenvalue weighted by atomic mass is 10.0. The molecule has 0 aliphatic heterocycles. The molecule has 2 heterocycles. The zero-order valence-corrected chi connectivity index (χ0v) is 20.9. The first-order valence-electron chi connectivity index (χ1n) is 9.90. The molecule has 8 nitrogen and oxygen atoms in total. The Morgan fingerprint density at radius 1 is 0.722 bits per heavy atom. The van der Waals surface area contributed by atoms with Crippen LogP contribution >= 0.6 is 44.8 Å². The van der Waals surface area contributed by atoms with Crippen molar-refractivity contribution in [3.63, 3.8) is 0 Å². The van der Waals surface area contributed by atoms with Gasteiger partial charge in [-0.05, 0) is 57.0 Å². The minimum absolute atomic E-state index is 0.0136. The van der Waals surface area contributed by atoms with Crippen molar-refractivity contribution in [2.75, 3.05) is 0 Å². The number of hydrogen-bond donors (Lipinski definition) is 4. The standard InChI is InChI=1S/C24H12Cl2N4O4S2/c25-13-5-1-3-11(7-13)17-15(9-27)21(31)29-23(33)19(17)35-36-20-18(12-4-2-6-14(26)8-12)16(10-28)22(32)30-24(20)34/h1-8H,(H2,29,31,33)(H2,30,32,34). The van der Waals surface area contributed by atoms with Gasteiger partial charge >= 0.3 is 0 Å². The third-order valence-corrected chi connectivity index (χ3v) is 7.88. The Hall–Kier alpha value is -3.80. The molecule has 0 unspecified atom stereocenters. The van der Waals surface area contributed by atoms with Crippen LogP contribution in [0.5, 0.6) is 11.8 Å². The van der Waals surface area contributed by atoms with Gasteiger partial charge in [0.1, 0.15) is 23.3 Å². The van der Waals surface area contributed by atoms with Gasteiger partial charge in [-0.1, -0.05) is 47.5 Å². The summed E-state index contributed by atoms with van der Waals surface area (Å²) in [4.78, 5) is 30.3. The highest BCUT2D eigenvalue weighted by Gasteiger charge is 2.24. The molecule has 0 bridgehead atoms. The number of nitrogens with one attached hydrogen (secondary N) is 2. The number of halogens is 2. The average molecular weight is 555 g/mol. The minimum atomic E-state index is -0.709. The second-order valence-corrected chi connectivity index (χ2v) is 10.2. The maximum absolute atomic E-state index is 12.9. The molecule has 12 heteroatoms. The van der Waals surface area contributed by atoms with Gasteiger partial charge in [0.15, 0.2) is 0 Å². The van der Waals surface area contributed by atoms with Crippen LogP contribution in [0.3, 0.4) is 0 Å². The summed E-state index contributed by atoms with van der Waals surface area (Å²) in [6.45, 7) is 0. The molecule has 2 aromatic heterocycles. The average Bonchev–Trinajstić information content (AvgIpc) is 2.83. The minimum Gasteiger partial charge on any atom is -0.494 e. The molecule has 0 atom stereocenters. The molecule has 0 spiro atoms. The van der Waals surface area contributed by atoms with Crippen LogP contribution in [0.2, 0.25) is 10.0 Å². The largest absolute Gasteiger partial charge is 0.494 e. The molecule has 0 aliphatic rings. The van der Waals surface area contributed by atoms with Crippen LogP contribution in [0, 0.1) is 22.7 Å². The van der Waals surface area contributed by atoms with Gasteiger partial charge in [0.25, 0.3) is 11.1 Å². The van der Waals surface area contributed by atoms with Gasteiger partial charge in [0, 0.05) is 21.2 Å². The number of benzene rings is 2. The van der Waals surface area contributed by atoms with Crippen LogP contribution in [-0.4, -0.2) is 20.2 Å². The fourth-order valence-electron chi connectivity index (χ4n) is 3.44. The molecule has 4 aromatic rings. The van der Waals surface area contributed by atoms with Crippen LogP contribution in [0.15, 0.2) is 67.9 Å². The number of aromatic hydroxyl groups is 2. The Labute approximate surface area is 221 Å². The molecule has 0 radical (unpaired) electrons. The Bertz CT molecular complexity index is 1590. The van der Waals surface area contributed by atoms with E-state index < -0.39 is 22.9 Å². The Kier molecular flexibility index (Phi) is 7.34. The van der Waals surface area contributed by atoms with Crippen molar-refractivity contribution in [2.24, 2.45) is 0 Å². The van der Waals surface area contributed by atoms with E-state index in [1.807, 2.05) is 12.1 Å². The molecule has 0 saturated heterocycles. The smallest absolute Gasteiger partial charge is 0.265 e. The number of aromatic amines is 2. The molecule has 178 valence electrons. The summed E-state index contributed by atoms with van der Waals surface area (Å²) in [5, 5.41) is 40.5. The molecule has 4 rings (SSSR count). The van der Waals surface area contributed by atoms with E-state index in [-0.39, 0.29) is 32.0 Å². The number of pyridine rings is 2. The fourth-order valence-corrected chi connectivity index (χ4v) is 6.30. The summed E-state index contributed by atoms with van der Waals surface area (Å²) in [6.07, 6.45) is 0. The number of nitrogens with zero attached hydrogens (tertiary/aromatic N) is 2. The van der Waals surface area contributed by atoms with Gasteiger partial charge in [-0.15, -0.1) is 0 Å². The third kappa shape index (κ3) is 4.81. The monoisotopic (exact) mass is 554 g/mol. The first-order valence-corrected chi connectivity index (χ1v) is 12.8. The van der Waals surface area contributed by atoms with E-state index in [1.165, 1.54) is 12.1 Å². The lowest BCUT2D eigenvalue weighted by Gasteiger charge is -2.14. The summed E-state index contributed by atoms with van der Waals surface area (Å²) in [7, 11) is 1.68. The summed E-state index contributed by atoms with van der Waals surface area (Å²) in [5.74, 6) is -1.22. The van der Waals surface area contributed by atoms with Gasteiger partial charge in [-0.2, -0.15) is 10.5 Å². The summed E-state index contributed by atoms with van der Waals surface area (Å²) >= 11 is 12.2. The maximum Gasteiger partial charge on any atom is 0.265 e. The molecular formula is C24H12Cl2N4O4S2. The van der Waals surface area contributed by atoms with Crippen molar-refractivity contribution in [3.05, 3.63) is 90.4 Å². The van der Waals surface area contributed by atoms with E-state index in [1.54, 1.807) is 36.4 Å². The van der Waals surface area contributed by atoms with E-state index in [4.69, 9.17) is 23.2 Å². The molecule has 0 aliphatic carbocycles. The Morgan fingerprint density at radius 2 is 1.11 bits per heavy atom. The van der Waals surface area contributed by atoms with Crippen molar-refractivity contribution in [1.29, 1.82) is 10.5 Å². The van der Waals surface area contributed by atoms with Gasteiger partial charge in [-0.25, -0.2) is 0 Å². The predicted molar refractivity (Wildman–Crippen MR) is 139 cm³/mol. The van der Waals surface area contributed by atoms with Crippen molar-refractivity contribution >= 4 is 44.8 Å². The number of rotatable bonds is 5. The van der Waals surface area contributed by atoms with Crippen LogP contribution in [0.25, 0.3) is 22.3 Å². The number of H-pyrrole nitrogens is 2. The highest BCUT2D eigenvalue weighted by Crippen LogP contribution is 2.46. The highest BCUT2D eigenvalue weighted by atomic mass is 35.5. The van der Waals surface area contributed by atoms with Crippen molar-refractivity contribution < 1.29 is 10.2 Å². The molecule has 0 amide bonds. The van der Waals surface area contributed by atoms with Gasteiger partial charge < -0.3 is 10.2 Å². The van der Waals surface area contributed by atoms with E-state index in [0.29, 0.717) is 21.2 Å². The van der Waals surface area contributed by atoms with Crippen LogP contribution in [-0.2, 0) is 0 Å². The van der Waals surface area contributed by atoms with Gasteiger partial charge in [-0.3, -0.25) is 19.6 Å². The third-order valence-electron chi connectivity index (χ3n) is 4.96. The predicted octanol–water partition coefficient (Wildman–Crippen LogP) is 5.66. The topological polar surface area (TPSA) is 154 Å². The SMILES string of the molecule is N#Cc1c(O)[nH]c(=O)c(SSc2c(-c3cccc(Cl)c3)c(C#N)c(O)[nH]c2=O)c1-c1cccc(Cl)c1. The molecular weight excluding hydrogens is 543 g/mol. The number of hydrogen-bond acceptors (Lipinski definition) is 8. The molecule has 0 fully saturated rings. The zero-order valence-electron chi connectivity index (χ0n) is 17.8. The highest BCUT2D eigenvalue weighted by molar-refractivity contribution is 8.76. The van der Waals surface area contributed by atoms with E-state index in [0.717, 1.165) is 21.6 Å². The molecule has 36 heavy (non-hydrogen) atoms. The molecule has 4 N–H and O–H groups in total. The van der Waals surface area contributed by atoms with Crippen molar-refractivity contribution in [2.45, 2.75) is 9.79 Å². The second-order valence-electron chi connectivity index (χ2n) is 7.17. The van der Waals surface area contributed by atoms with Crippen LogP contribution < -0.4 is 11.1 Å². The summed E-state index contributed by atoms with van der Waals surface area (Å²) in [5.41, 5.74) is -0.748. The first kappa shape index (κ1) is 25.3. The molecule has 0 saturated carbocycles. The van der Waals surface area contributed by atoms with E-state index in [2.05, 4.69) is 9.97 Å². The first-order chi connectivity index (χ1) is 17.2. The number of nitriles is 2. The number of aromatic nitrogens is 2. The van der Waals surface area contributed by atoms with E-state index >= 15 is 0 Å². The van der Waals surface area contributed by atoms with E-state index in [9.17, 15) is 30.3 Å². The zero-order chi connectivity index (χ0) is 26.0. The van der Waals surface area contributed by atoms with Crippen LogP contribution in [0.4, 0.5) is 0 Å². The second kappa shape index (κ2) is 10.4. The fraction of sp³-hybridized carbons (Fsp3) is 0. The van der Waals surface area contributed by atoms with Gasteiger partial charge in [0.2, 0.25) is 11.8 Å². The normalized spacial score (nSPS) is 10.6. The van der Waals surface area contributed by atoms with Crippen molar-refractivity contribution in [1.82, 2.24) is 9.97 Å². The van der Waals surface area contributed by atoms with Gasteiger partial charge in [0.05, 0.1) is 9.79 Å². The summed E-state index contributed by atoms with van der Waals surface area (Å²) < 4.78 is 0. The Morgan fingerprint density at radius 3 is 1.44 bits per heavy atom. The Balaban J connectivity index is 1.92. The summed E-state index contributed by atoms with van der Waals surface area (Å²) in [6, 6.07) is 16.5. The molecule has 2 aromatic carbocycles. The van der Waals surface area contributed by atoms with Crippen LogP contribution in [0.1, 0.15) is 11.1 Å².